The van der Waals surface area contributed by atoms with Gasteiger partial charge in [-0.2, -0.15) is 0 Å². The lowest BCUT2D eigenvalue weighted by Gasteiger charge is -2.02. The molecule has 0 aromatic carbocycles. The molecule has 0 unspecified atom stereocenters. The zero-order valence-electron chi connectivity index (χ0n) is 7.06. The van der Waals surface area contributed by atoms with Gasteiger partial charge in [0.2, 0.25) is 0 Å². The Morgan fingerprint density at radius 1 is 1.62 bits per heavy atom. The summed E-state index contributed by atoms with van der Waals surface area (Å²) >= 11 is 0. The SMILES string of the molecule is O=C(ONC1CC1)c1cccnc1. The summed E-state index contributed by atoms with van der Waals surface area (Å²) in [5.41, 5.74) is 3.15. The number of carbonyl (C=O) groups excluding carboxylic acids is 1. The molecule has 0 radical (unpaired) electrons. The van der Waals surface area contributed by atoms with Gasteiger partial charge in [-0.05, 0) is 25.0 Å². The molecule has 0 atom stereocenters. The zero-order chi connectivity index (χ0) is 9.10. The van der Waals surface area contributed by atoms with E-state index in [0.29, 0.717) is 11.6 Å². The molecule has 13 heavy (non-hydrogen) atoms. The highest BCUT2D eigenvalue weighted by Gasteiger charge is 2.22. The lowest BCUT2D eigenvalue weighted by molar-refractivity contribution is 0.0235. The number of rotatable bonds is 3. The van der Waals surface area contributed by atoms with Crippen molar-refractivity contribution in [1.29, 1.82) is 0 Å². The molecule has 4 heteroatoms. The van der Waals surface area contributed by atoms with Crippen LogP contribution in [0.15, 0.2) is 24.5 Å². The Morgan fingerprint density at radius 2 is 2.46 bits per heavy atom. The fourth-order valence-corrected chi connectivity index (χ4v) is 0.880. The molecule has 0 bridgehead atoms. The molecule has 68 valence electrons. The molecule has 1 aromatic heterocycles. The van der Waals surface area contributed by atoms with E-state index in [9.17, 15) is 4.79 Å². The number of aromatic nitrogens is 1. The lowest BCUT2D eigenvalue weighted by Crippen LogP contribution is -2.21. The van der Waals surface area contributed by atoms with Crippen LogP contribution in [0.25, 0.3) is 0 Å². The first kappa shape index (κ1) is 8.19. The van der Waals surface area contributed by atoms with Gasteiger partial charge in [0.15, 0.2) is 0 Å². The highest BCUT2D eigenvalue weighted by atomic mass is 16.7. The number of carbonyl (C=O) groups is 1. The maximum Gasteiger partial charge on any atom is 0.358 e. The van der Waals surface area contributed by atoms with Crippen molar-refractivity contribution in [1.82, 2.24) is 10.5 Å². The van der Waals surface area contributed by atoms with E-state index in [1.807, 2.05) is 0 Å². The normalized spacial score (nSPS) is 15.4. The van der Waals surface area contributed by atoms with Gasteiger partial charge in [-0.1, -0.05) is 0 Å². The number of hydroxylamine groups is 1. The number of hydrogen-bond donors (Lipinski definition) is 1. The monoisotopic (exact) mass is 178 g/mol. The van der Waals surface area contributed by atoms with Crippen LogP contribution in [0, 0.1) is 0 Å². The number of nitrogens with one attached hydrogen (secondary N) is 1. The van der Waals surface area contributed by atoms with Gasteiger partial charge >= 0.3 is 5.97 Å². The molecule has 0 amide bonds. The minimum atomic E-state index is -0.375. The van der Waals surface area contributed by atoms with Crippen LogP contribution in [0.1, 0.15) is 23.2 Å². The minimum Gasteiger partial charge on any atom is -0.366 e. The predicted octanol–water partition coefficient (Wildman–Crippen LogP) is 0.905. The van der Waals surface area contributed by atoms with Gasteiger partial charge in [-0.3, -0.25) is 4.98 Å². The number of nitrogens with zero attached hydrogens (tertiary/aromatic N) is 1. The van der Waals surface area contributed by atoms with Gasteiger partial charge in [0.05, 0.1) is 5.56 Å². The van der Waals surface area contributed by atoms with Gasteiger partial charge in [0.25, 0.3) is 0 Å². The van der Waals surface area contributed by atoms with Crippen molar-refractivity contribution in [2.45, 2.75) is 18.9 Å². The second kappa shape index (κ2) is 3.53. The maximum absolute atomic E-state index is 11.3. The Bertz CT molecular complexity index is 296. The zero-order valence-corrected chi connectivity index (χ0v) is 7.06. The highest BCUT2D eigenvalue weighted by Crippen LogP contribution is 2.18. The fraction of sp³-hybridized carbons (Fsp3) is 0.333. The topological polar surface area (TPSA) is 51.2 Å². The molecule has 0 aliphatic heterocycles. The van der Waals surface area contributed by atoms with Crippen LogP contribution in [0.4, 0.5) is 0 Å². The molecule has 0 spiro atoms. The molecular weight excluding hydrogens is 168 g/mol. The molecule has 1 aliphatic rings. The third-order valence-electron chi connectivity index (χ3n) is 1.79. The summed E-state index contributed by atoms with van der Waals surface area (Å²) in [4.78, 5) is 19.9. The standard InChI is InChI=1S/C9H10N2O2/c12-9(13-11-8-3-4-8)7-2-1-5-10-6-7/h1-2,5-6,8,11H,3-4H2. The molecular formula is C9H10N2O2. The van der Waals surface area contributed by atoms with Crippen LogP contribution in [0.2, 0.25) is 0 Å². The molecule has 1 saturated carbocycles. The third kappa shape index (κ3) is 2.26. The van der Waals surface area contributed by atoms with E-state index < -0.39 is 0 Å². The van der Waals surface area contributed by atoms with E-state index in [-0.39, 0.29) is 5.97 Å². The molecule has 1 fully saturated rings. The first-order valence-corrected chi connectivity index (χ1v) is 4.23. The van der Waals surface area contributed by atoms with Crippen LogP contribution in [-0.2, 0) is 4.84 Å². The van der Waals surface area contributed by atoms with Crippen molar-refractivity contribution in [3.63, 3.8) is 0 Å². The van der Waals surface area contributed by atoms with E-state index in [1.54, 1.807) is 18.3 Å². The lowest BCUT2D eigenvalue weighted by atomic mass is 10.3. The van der Waals surface area contributed by atoms with Crippen LogP contribution < -0.4 is 5.48 Å². The van der Waals surface area contributed by atoms with Gasteiger partial charge in [-0.25, -0.2) is 4.79 Å². The van der Waals surface area contributed by atoms with Gasteiger partial charge in [0, 0.05) is 18.4 Å². The molecule has 1 heterocycles. The van der Waals surface area contributed by atoms with Crippen molar-refractivity contribution in [2.24, 2.45) is 0 Å². The van der Waals surface area contributed by atoms with E-state index in [0.717, 1.165) is 12.8 Å². The quantitative estimate of drug-likeness (QED) is 0.699. The summed E-state index contributed by atoms with van der Waals surface area (Å²) < 4.78 is 0. The second-order valence-electron chi connectivity index (χ2n) is 3.02. The van der Waals surface area contributed by atoms with Crippen molar-refractivity contribution in [3.8, 4) is 0 Å². The summed E-state index contributed by atoms with van der Waals surface area (Å²) in [6.07, 6.45) is 5.27. The van der Waals surface area contributed by atoms with Crippen LogP contribution >= 0.6 is 0 Å². The van der Waals surface area contributed by atoms with E-state index in [2.05, 4.69) is 10.5 Å². The summed E-state index contributed by atoms with van der Waals surface area (Å²) in [7, 11) is 0. The van der Waals surface area contributed by atoms with Crippen LogP contribution in [0.3, 0.4) is 0 Å². The fourth-order valence-electron chi connectivity index (χ4n) is 0.880. The summed E-state index contributed by atoms with van der Waals surface area (Å²) in [5, 5.41) is 0. The van der Waals surface area contributed by atoms with Crippen molar-refractivity contribution >= 4 is 5.97 Å². The molecule has 0 saturated heterocycles. The molecule has 1 aromatic rings. The Labute approximate surface area is 75.9 Å². The van der Waals surface area contributed by atoms with Crippen LogP contribution in [-0.4, -0.2) is 17.0 Å². The Morgan fingerprint density at radius 3 is 3.08 bits per heavy atom. The van der Waals surface area contributed by atoms with Gasteiger partial charge in [0.1, 0.15) is 0 Å². The Balaban J connectivity index is 1.89. The highest BCUT2D eigenvalue weighted by molar-refractivity contribution is 5.88. The molecule has 4 nitrogen and oxygen atoms in total. The first-order valence-electron chi connectivity index (χ1n) is 4.23. The molecule has 1 aliphatic carbocycles. The maximum atomic E-state index is 11.3. The van der Waals surface area contributed by atoms with Crippen molar-refractivity contribution in [3.05, 3.63) is 30.1 Å². The average molecular weight is 178 g/mol. The Kier molecular flexibility index (Phi) is 2.23. The smallest absolute Gasteiger partial charge is 0.358 e. The molecule has 2 rings (SSSR count). The van der Waals surface area contributed by atoms with Crippen LogP contribution in [0.5, 0.6) is 0 Å². The van der Waals surface area contributed by atoms with Crippen molar-refractivity contribution < 1.29 is 9.63 Å². The minimum absolute atomic E-state index is 0.362. The number of pyridine rings is 1. The third-order valence-corrected chi connectivity index (χ3v) is 1.79. The van der Waals surface area contributed by atoms with E-state index in [4.69, 9.17) is 4.84 Å². The van der Waals surface area contributed by atoms with E-state index in [1.165, 1.54) is 6.20 Å². The summed E-state index contributed by atoms with van der Waals surface area (Å²) in [5.74, 6) is -0.375. The largest absolute Gasteiger partial charge is 0.366 e. The Hall–Kier alpha value is -1.42. The predicted molar refractivity (Wildman–Crippen MR) is 45.8 cm³/mol. The van der Waals surface area contributed by atoms with Gasteiger partial charge < -0.3 is 4.84 Å². The molecule has 1 N–H and O–H groups in total. The summed E-state index contributed by atoms with van der Waals surface area (Å²) in [6, 6.07) is 3.73. The second-order valence-corrected chi connectivity index (χ2v) is 3.02. The van der Waals surface area contributed by atoms with Crippen molar-refractivity contribution in [2.75, 3.05) is 0 Å². The van der Waals surface area contributed by atoms with E-state index >= 15 is 0 Å². The average Bonchev–Trinajstić information content (AvgIpc) is 2.99. The number of hydrogen-bond acceptors (Lipinski definition) is 4. The first-order chi connectivity index (χ1) is 6.36. The summed E-state index contributed by atoms with van der Waals surface area (Å²) in [6.45, 7) is 0. The van der Waals surface area contributed by atoms with Gasteiger partial charge in [-0.15, -0.1) is 5.48 Å².